The minimum Gasteiger partial charge on any atom is -0.468 e. The van der Waals surface area contributed by atoms with Crippen LogP contribution in [0.4, 0.5) is 5.69 Å². The van der Waals surface area contributed by atoms with Crippen LogP contribution >= 0.6 is 11.3 Å². The Morgan fingerprint density at radius 3 is 2.63 bits per heavy atom. The predicted molar refractivity (Wildman–Crippen MR) is 114 cm³/mol. The number of rotatable bonds is 8. The minimum atomic E-state index is -0.539. The summed E-state index contributed by atoms with van der Waals surface area (Å²) in [6.45, 7) is -0.221. The van der Waals surface area contributed by atoms with Gasteiger partial charge in [-0.25, -0.2) is 4.98 Å². The summed E-state index contributed by atoms with van der Waals surface area (Å²) in [4.78, 5) is 40.2. The van der Waals surface area contributed by atoms with Crippen LogP contribution in [0.15, 0.2) is 60.0 Å². The fourth-order valence-corrected chi connectivity index (χ4v) is 3.54. The Balaban J connectivity index is 1.55. The number of thiazole rings is 1. The Morgan fingerprint density at radius 2 is 1.87 bits per heavy atom. The summed E-state index contributed by atoms with van der Waals surface area (Å²) in [5, 5.41) is 8.07. The third kappa shape index (κ3) is 6.25. The third-order valence-corrected chi connectivity index (χ3v) is 5.07. The zero-order chi connectivity index (χ0) is 21.3. The molecule has 2 amide bonds. The molecule has 7 nitrogen and oxygen atoms in total. The van der Waals surface area contributed by atoms with Crippen LogP contribution in [0.3, 0.4) is 0 Å². The number of hydrogen-bond donors (Lipinski definition) is 2. The van der Waals surface area contributed by atoms with E-state index in [-0.39, 0.29) is 18.9 Å². The number of nitrogens with one attached hydrogen (secondary N) is 2. The lowest BCUT2D eigenvalue weighted by Gasteiger charge is -2.07. The lowest BCUT2D eigenvalue weighted by atomic mass is 10.1. The van der Waals surface area contributed by atoms with Crippen molar-refractivity contribution in [3.8, 4) is 0 Å². The number of anilines is 1. The molecule has 0 aliphatic heterocycles. The highest BCUT2D eigenvalue weighted by atomic mass is 32.1. The van der Waals surface area contributed by atoms with Gasteiger partial charge in [-0.05, 0) is 23.8 Å². The first-order valence-electron chi connectivity index (χ1n) is 9.25. The second-order valence-corrected chi connectivity index (χ2v) is 7.40. The number of carbonyl (C=O) groups is 3. The Hall–Kier alpha value is -3.52. The van der Waals surface area contributed by atoms with Crippen molar-refractivity contribution >= 4 is 34.8 Å². The monoisotopic (exact) mass is 423 g/mol. The van der Waals surface area contributed by atoms with Crippen LogP contribution in [0.25, 0.3) is 0 Å². The number of esters is 1. The van der Waals surface area contributed by atoms with Gasteiger partial charge in [0.1, 0.15) is 6.54 Å². The van der Waals surface area contributed by atoms with Crippen molar-refractivity contribution in [1.82, 2.24) is 10.3 Å². The summed E-state index contributed by atoms with van der Waals surface area (Å²) in [7, 11) is 1.25. The fourth-order valence-electron chi connectivity index (χ4n) is 2.72. The number of benzene rings is 2. The van der Waals surface area contributed by atoms with Crippen molar-refractivity contribution in [2.75, 3.05) is 19.0 Å². The van der Waals surface area contributed by atoms with Crippen LogP contribution in [0.1, 0.15) is 26.6 Å². The molecule has 0 spiro atoms. The smallest absolute Gasteiger partial charge is 0.325 e. The average Bonchev–Trinajstić information content (AvgIpc) is 3.19. The van der Waals surface area contributed by atoms with Crippen molar-refractivity contribution in [2.24, 2.45) is 0 Å². The first kappa shape index (κ1) is 21.2. The van der Waals surface area contributed by atoms with E-state index >= 15 is 0 Å². The first-order chi connectivity index (χ1) is 14.5. The second-order valence-electron chi connectivity index (χ2n) is 6.46. The maximum absolute atomic E-state index is 12.4. The maximum Gasteiger partial charge on any atom is 0.325 e. The average molecular weight is 423 g/mol. The Bertz CT molecular complexity index is 1030. The van der Waals surface area contributed by atoms with Crippen molar-refractivity contribution in [3.63, 3.8) is 0 Å². The minimum absolute atomic E-state index is 0.143. The summed E-state index contributed by atoms with van der Waals surface area (Å²) in [6.07, 6.45) is 0.875. The van der Waals surface area contributed by atoms with Crippen LogP contribution in [-0.2, 0) is 27.2 Å². The van der Waals surface area contributed by atoms with E-state index in [1.54, 1.807) is 24.3 Å². The van der Waals surface area contributed by atoms with Gasteiger partial charge in [-0.3, -0.25) is 14.4 Å². The van der Waals surface area contributed by atoms with Gasteiger partial charge in [0, 0.05) is 23.1 Å². The molecule has 0 fully saturated rings. The second kappa shape index (κ2) is 10.3. The SMILES string of the molecule is COC(=O)CNC(=O)c1cccc(NC(=O)Cc2csc(Cc3ccccc3)n2)c1. The highest BCUT2D eigenvalue weighted by Crippen LogP contribution is 2.16. The molecule has 0 saturated heterocycles. The van der Waals surface area contributed by atoms with E-state index in [9.17, 15) is 14.4 Å². The largest absolute Gasteiger partial charge is 0.468 e. The molecule has 0 radical (unpaired) electrons. The number of nitrogens with zero attached hydrogens (tertiary/aromatic N) is 1. The number of carbonyl (C=O) groups excluding carboxylic acids is 3. The van der Waals surface area contributed by atoms with Crippen LogP contribution in [-0.4, -0.2) is 36.4 Å². The van der Waals surface area contributed by atoms with Gasteiger partial charge in [0.2, 0.25) is 5.91 Å². The van der Waals surface area contributed by atoms with E-state index in [0.717, 1.165) is 11.4 Å². The van der Waals surface area contributed by atoms with Gasteiger partial charge < -0.3 is 15.4 Å². The molecule has 0 unspecified atom stereocenters. The zero-order valence-corrected chi connectivity index (χ0v) is 17.2. The molecule has 0 aliphatic rings. The van der Waals surface area contributed by atoms with Gasteiger partial charge in [-0.1, -0.05) is 36.4 Å². The summed E-state index contributed by atoms with van der Waals surface area (Å²) >= 11 is 1.53. The van der Waals surface area contributed by atoms with Gasteiger partial charge in [0.25, 0.3) is 5.91 Å². The lowest BCUT2D eigenvalue weighted by Crippen LogP contribution is -2.30. The fraction of sp³-hybridized carbons (Fsp3) is 0.182. The van der Waals surface area contributed by atoms with Crippen molar-refractivity contribution in [1.29, 1.82) is 0 Å². The molecule has 0 aliphatic carbocycles. The highest BCUT2D eigenvalue weighted by molar-refractivity contribution is 7.09. The normalized spacial score (nSPS) is 10.3. The van der Waals surface area contributed by atoms with Gasteiger partial charge in [-0.2, -0.15) is 0 Å². The summed E-state index contributed by atoms with van der Waals surface area (Å²) in [5.74, 6) is -1.19. The third-order valence-electron chi connectivity index (χ3n) is 4.17. The zero-order valence-electron chi connectivity index (χ0n) is 16.4. The van der Waals surface area contributed by atoms with Crippen molar-refractivity contribution < 1.29 is 19.1 Å². The molecule has 0 saturated carbocycles. The molecule has 30 heavy (non-hydrogen) atoms. The van der Waals surface area contributed by atoms with Gasteiger partial charge >= 0.3 is 5.97 Å². The van der Waals surface area contributed by atoms with Gasteiger partial charge in [-0.15, -0.1) is 11.3 Å². The molecule has 3 rings (SSSR count). The van der Waals surface area contributed by atoms with Gasteiger partial charge in [0.05, 0.1) is 24.2 Å². The Morgan fingerprint density at radius 1 is 1.07 bits per heavy atom. The molecule has 0 bridgehead atoms. The molecular weight excluding hydrogens is 402 g/mol. The molecule has 1 heterocycles. The topological polar surface area (TPSA) is 97.4 Å². The Labute approximate surface area is 178 Å². The van der Waals surface area contributed by atoms with Crippen LogP contribution in [0.2, 0.25) is 0 Å². The predicted octanol–water partition coefficient (Wildman–Crippen LogP) is 2.82. The molecule has 1 aromatic heterocycles. The molecule has 2 aromatic carbocycles. The molecule has 3 aromatic rings. The molecule has 2 N–H and O–H groups in total. The number of hydrogen-bond acceptors (Lipinski definition) is 6. The summed E-state index contributed by atoms with van der Waals surface area (Å²) < 4.78 is 4.49. The van der Waals surface area contributed by atoms with Gasteiger partial charge in [0.15, 0.2) is 0 Å². The van der Waals surface area contributed by atoms with E-state index in [0.29, 0.717) is 16.9 Å². The first-order valence-corrected chi connectivity index (χ1v) is 10.1. The molecule has 154 valence electrons. The number of methoxy groups -OCH3 is 1. The molecular formula is C22H21N3O4S. The van der Waals surface area contributed by atoms with E-state index in [1.807, 2.05) is 35.7 Å². The number of aromatic nitrogens is 1. The summed E-state index contributed by atoms with van der Waals surface area (Å²) in [6, 6.07) is 16.5. The van der Waals surface area contributed by atoms with Crippen LogP contribution in [0, 0.1) is 0 Å². The van der Waals surface area contributed by atoms with Crippen molar-refractivity contribution in [3.05, 3.63) is 81.8 Å². The summed E-state index contributed by atoms with van der Waals surface area (Å²) in [5.41, 5.74) is 2.70. The van der Waals surface area contributed by atoms with E-state index in [1.165, 1.54) is 24.0 Å². The van der Waals surface area contributed by atoms with Crippen LogP contribution in [0.5, 0.6) is 0 Å². The number of ether oxygens (including phenoxy) is 1. The van der Waals surface area contributed by atoms with Crippen molar-refractivity contribution in [2.45, 2.75) is 12.8 Å². The Kier molecular flexibility index (Phi) is 7.29. The van der Waals surface area contributed by atoms with E-state index < -0.39 is 11.9 Å². The number of amides is 2. The lowest BCUT2D eigenvalue weighted by molar-refractivity contribution is -0.139. The molecule has 0 atom stereocenters. The molecule has 8 heteroatoms. The van der Waals surface area contributed by atoms with Crippen LogP contribution < -0.4 is 10.6 Å². The van der Waals surface area contributed by atoms with E-state index in [4.69, 9.17) is 0 Å². The quantitative estimate of drug-likeness (QED) is 0.543. The highest BCUT2D eigenvalue weighted by Gasteiger charge is 2.11. The van der Waals surface area contributed by atoms with E-state index in [2.05, 4.69) is 20.4 Å². The standard InChI is InChI=1S/C22H21N3O4S/c1-29-21(27)13-23-22(28)16-8-5-9-17(11-16)24-19(26)12-18-14-30-20(25-18)10-15-6-3-2-4-7-15/h2-9,11,14H,10,12-13H2,1H3,(H,23,28)(H,24,26). The maximum atomic E-state index is 12.4.